The van der Waals surface area contributed by atoms with Gasteiger partial charge in [0.15, 0.2) is 5.78 Å². The molecule has 1 aromatic heterocycles. The van der Waals surface area contributed by atoms with Crippen molar-refractivity contribution >= 4 is 28.3 Å². The lowest BCUT2D eigenvalue weighted by Gasteiger charge is -2.32. The Bertz CT molecular complexity index is 1130. The number of para-hydroxylation sites is 1. The predicted molar refractivity (Wildman–Crippen MR) is 132 cm³/mol. The molecule has 174 valence electrons. The highest BCUT2D eigenvalue weighted by molar-refractivity contribution is 6.30. The third-order valence-electron chi connectivity index (χ3n) is 6.80. The van der Waals surface area contributed by atoms with Gasteiger partial charge in [-0.2, -0.15) is 0 Å². The van der Waals surface area contributed by atoms with Gasteiger partial charge in [0.2, 0.25) is 0 Å². The Morgan fingerprint density at radius 1 is 1.06 bits per heavy atom. The van der Waals surface area contributed by atoms with Gasteiger partial charge in [-0.1, -0.05) is 29.8 Å². The number of ether oxygens (including phenoxy) is 2. The molecule has 1 saturated carbocycles. The molecule has 3 aromatic rings. The number of aryl methyl sites for hydroxylation is 1. The molecule has 5 nitrogen and oxygen atoms in total. The van der Waals surface area contributed by atoms with Crippen molar-refractivity contribution in [2.24, 2.45) is 5.92 Å². The van der Waals surface area contributed by atoms with E-state index in [0.717, 1.165) is 86.2 Å². The van der Waals surface area contributed by atoms with E-state index < -0.39 is 0 Å². The quantitative estimate of drug-likeness (QED) is 0.372. The van der Waals surface area contributed by atoms with E-state index in [1.54, 1.807) is 7.11 Å². The van der Waals surface area contributed by atoms with E-state index in [2.05, 4.69) is 21.7 Å². The monoisotopic (exact) mass is 466 g/mol. The molecule has 33 heavy (non-hydrogen) atoms. The van der Waals surface area contributed by atoms with Crippen LogP contribution >= 0.6 is 11.6 Å². The van der Waals surface area contributed by atoms with Crippen molar-refractivity contribution in [2.75, 3.05) is 26.7 Å². The highest BCUT2D eigenvalue weighted by Gasteiger charge is 2.32. The largest absolute Gasteiger partial charge is 0.495 e. The molecule has 1 aliphatic heterocycles. The number of fused-ring (bicyclic) bond motifs is 1. The molecule has 1 saturated heterocycles. The standard InChI is InChI=1S/C27H31ClN2O3/c1-32-25-8-3-7-23-24(27(31)19-9-10-19)18-30(26(23)25)14-4-13-29-15-11-21(12-16-29)33-22-6-2-5-20(28)17-22/h2-3,5-8,17-19,21H,4,9-16H2,1H3. The molecule has 0 amide bonds. The molecule has 2 aromatic carbocycles. The molecule has 6 heteroatoms. The van der Waals surface area contributed by atoms with E-state index in [9.17, 15) is 4.79 Å². The third kappa shape index (κ3) is 5.04. The highest BCUT2D eigenvalue weighted by atomic mass is 35.5. The van der Waals surface area contributed by atoms with Crippen LogP contribution in [0.15, 0.2) is 48.7 Å². The average Bonchev–Trinajstić information content (AvgIpc) is 3.61. The number of methoxy groups -OCH3 is 1. The van der Waals surface area contributed by atoms with E-state index in [-0.39, 0.29) is 17.8 Å². The predicted octanol–water partition coefficient (Wildman–Crippen LogP) is 5.83. The van der Waals surface area contributed by atoms with Gasteiger partial charge in [0.1, 0.15) is 17.6 Å². The molecule has 2 aliphatic rings. The number of aromatic nitrogens is 1. The zero-order valence-electron chi connectivity index (χ0n) is 19.1. The molecule has 0 atom stereocenters. The summed E-state index contributed by atoms with van der Waals surface area (Å²) in [5, 5.41) is 1.73. The SMILES string of the molecule is COc1cccc2c(C(=O)C3CC3)cn(CCCN3CCC(Oc4cccc(Cl)c4)CC3)c12. The van der Waals surface area contributed by atoms with E-state index in [1.165, 1.54) is 0 Å². The number of hydrogen-bond donors (Lipinski definition) is 0. The van der Waals surface area contributed by atoms with Gasteiger partial charge in [-0.15, -0.1) is 0 Å². The smallest absolute Gasteiger partial charge is 0.168 e. The maximum atomic E-state index is 12.9. The molecule has 0 unspecified atom stereocenters. The Labute approximate surface area is 200 Å². The van der Waals surface area contributed by atoms with E-state index in [1.807, 2.05) is 36.4 Å². The molecule has 0 N–H and O–H groups in total. The van der Waals surface area contributed by atoms with Crippen molar-refractivity contribution in [1.29, 1.82) is 0 Å². The van der Waals surface area contributed by atoms with Crippen molar-refractivity contribution in [2.45, 2.75) is 44.8 Å². The average molecular weight is 467 g/mol. The van der Waals surface area contributed by atoms with Crippen LogP contribution in [0, 0.1) is 5.92 Å². The third-order valence-corrected chi connectivity index (χ3v) is 7.04. The number of halogens is 1. The van der Waals surface area contributed by atoms with E-state index in [4.69, 9.17) is 21.1 Å². The van der Waals surface area contributed by atoms with Crippen molar-refractivity contribution in [3.63, 3.8) is 0 Å². The Balaban J connectivity index is 1.18. The van der Waals surface area contributed by atoms with Crippen molar-refractivity contribution in [3.05, 3.63) is 59.2 Å². The Kier molecular flexibility index (Phi) is 6.61. The van der Waals surface area contributed by atoms with Crippen LogP contribution in [0.1, 0.15) is 42.5 Å². The van der Waals surface area contributed by atoms with Crippen LogP contribution < -0.4 is 9.47 Å². The summed E-state index contributed by atoms with van der Waals surface area (Å²) in [4.78, 5) is 15.4. The first-order valence-electron chi connectivity index (χ1n) is 12.0. The van der Waals surface area contributed by atoms with Crippen LogP contribution in [0.3, 0.4) is 0 Å². The van der Waals surface area contributed by atoms with Gasteiger partial charge in [0, 0.05) is 47.7 Å². The fraction of sp³-hybridized carbons (Fsp3) is 0.444. The minimum Gasteiger partial charge on any atom is -0.495 e. The van der Waals surface area contributed by atoms with E-state index in [0.29, 0.717) is 5.02 Å². The van der Waals surface area contributed by atoms with Gasteiger partial charge >= 0.3 is 0 Å². The van der Waals surface area contributed by atoms with Crippen LogP contribution in [-0.4, -0.2) is 48.1 Å². The topological polar surface area (TPSA) is 43.7 Å². The summed E-state index contributed by atoms with van der Waals surface area (Å²) in [5.74, 6) is 2.19. The van der Waals surface area contributed by atoms with Gasteiger partial charge in [-0.25, -0.2) is 0 Å². The number of piperidine rings is 1. The fourth-order valence-electron chi connectivity index (χ4n) is 4.88. The molecular weight excluding hydrogens is 436 g/mol. The minimum atomic E-state index is 0.214. The van der Waals surface area contributed by atoms with Crippen molar-refractivity contribution in [1.82, 2.24) is 9.47 Å². The van der Waals surface area contributed by atoms with Crippen LogP contribution in [0.25, 0.3) is 10.9 Å². The lowest BCUT2D eigenvalue weighted by atomic mass is 10.1. The summed E-state index contributed by atoms with van der Waals surface area (Å²) in [7, 11) is 1.70. The number of nitrogens with zero attached hydrogens (tertiary/aromatic N) is 2. The fourth-order valence-corrected chi connectivity index (χ4v) is 5.06. The summed E-state index contributed by atoms with van der Waals surface area (Å²) in [6.07, 6.45) is 7.41. The molecule has 2 heterocycles. The molecule has 0 spiro atoms. The van der Waals surface area contributed by atoms with Gasteiger partial charge < -0.3 is 18.9 Å². The number of hydrogen-bond acceptors (Lipinski definition) is 4. The first-order valence-corrected chi connectivity index (χ1v) is 12.3. The number of rotatable bonds is 9. The van der Waals surface area contributed by atoms with Crippen molar-refractivity contribution in [3.8, 4) is 11.5 Å². The number of likely N-dealkylation sites (tertiary alicyclic amines) is 1. The molecule has 2 fully saturated rings. The van der Waals surface area contributed by atoms with Gasteiger partial charge in [0.05, 0.1) is 12.6 Å². The number of benzene rings is 2. The summed E-state index contributed by atoms with van der Waals surface area (Å²) in [5.41, 5.74) is 1.89. The molecule has 5 rings (SSSR count). The number of carbonyl (C=O) groups excluding carboxylic acids is 1. The van der Waals surface area contributed by atoms with Crippen LogP contribution in [0.5, 0.6) is 11.5 Å². The number of Topliss-reactive ketones (excluding diaryl/α,β-unsaturated/α-hetero) is 1. The first-order chi connectivity index (χ1) is 16.1. The highest BCUT2D eigenvalue weighted by Crippen LogP contribution is 2.37. The molecule has 0 bridgehead atoms. The Morgan fingerprint density at radius 2 is 1.85 bits per heavy atom. The second kappa shape index (κ2) is 9.78. The maximum Gasteiger partial charge on any atom is 0.168 e. The summed E-state index contributed by atoms with van der Waals surface area (Å²) < 4.78 is 14.0. The van der Waals surface area contributed by atoms with Crippen molar-refractivity contribution < 1.29 is 14.3 Å². The maximum absolute atomic E-state index is 12.9. The summed E-state index contributed by atoms with van der Waals surface area (Å²) >= 11 is 6.07. The van der Waals surface area contributed by atoms with E-state index >= 15 is 0 Å². The first kappa shape index (κ1) is 22.3. The van der Waals surface area contributed by atoms with Gasteiger partial charge in [-0.05, 0) is 62.9 Å². The second-order valence-corrected chi connectivity index (χ2v) is 9.64. The zero-order valence-corrected chi connectivity index (χ0v) is 19.9. The normalized spacial score (nSPS) is 17.4. The summed E-state index contributed by atoms with van der Waals surface area (Å²) in [6, 6.07) is 13.7. The van der Waals surface area contributed by atoms with Crippen LogP contribution in [0.2, 0.25) is 5.02 Å². The van der Waals surface area contributed by atoms with Gasteiger partial charge in [-0.3, -0.25) is 4.79 Å². The lowest BCUT2D eigenvalue weighted by Crippen LogP contribution is -2.38. The molecule has 1 aliphatic carbocycles. The molecular formula is C27H31ClN2O3. The Hall–Kier alpha value is -2.50. The zero-order chi connectivity index (χ0) is 22.8. The summed E-state index contributed by atoms with van der Waals surface area (Å²) in [6.45, 7) is 3.97. The number of carbonyl (C=O) groups is 1. The Morgan fingerprint density at radius 3 is 2.58 bits per heavy atom. The van der Waals surface area contributed by atoms with Crippen LogP contribution in [0.4, 0.5) is 0 Å². The number of ketones is 1. The molecule has 0 radical (unpaired) electrons. The van der Waals surface area contributed by atoms with Crippen LogP contribution in [-0.2, 0) is 6.54 Å². The minimum absolute atomic E-state index is 0.214. The lowest BCUT2D eigenvalue weighted by molar-refractivity contribution is 0.0969. The van der Waals surface area contributed by atoms with Gasteiger partial charge in [0.25, 0.3) is 0 Å². The second-order valence-electron chi connectivity index (χ2n) is 9.20.